The van der Waals surface area contributed by atoms with Crippen LogP contribution in [0.25, 0.3) is 0 Å². The first kappa shape index (κ1) is 24.0. The molecule has 0 spiro atoms. The van der Waals surface area contributed by atoms with Gasteiger partial charge in [0, 0.05) is 6.61 Å². The van der Waals surface area contributed by atoms with Gasteiger partial charge in [0.15, 0.2) is 0 Å². The molecule has 0 rings (SSSR count). The number of unbranched alkanes of at least 4 members (excludes halogenated alkanes) is 17. The minimum absolute atomic E-state index is 0.373. The summed E-state index contributed by atoms with van der Waals surface area (Å²) < 4.78 is 0. The minimum Gasteiger partial charge on any atom is -0.396 e. The number of hydrogen-bond acceptors (Lipinski definition) is 1. The predicted octanol–water partition coefficient (Wildman–Crippen LogP) is 8.05. The Morgan fingerprint density at radius 2 is 0.667 bits per heavy atom. The Hall–Kier alpha value is -0.0400. The summed E-state index contributed by atoms with van der Waals surface area (Å²) >= 11 is 0. The van der Waals surface area contributed by atoms with Gasteiger partial charge in [-0.1, -0.05) is 129 Å². The van der Waals surface area contributed by atoms with E-state index in [0.717, 1.165) is 12.3 Å². The Morgan fingerprint density at radius 1 is 0.417 bits per heavy atom. The monoisotopic (exact) mass is 340 g/mol. The molecule has 0 radical (unpaired) electrons. The second kappa shape index (κ2) is 21.0. The van der Waals surface area contributed by atoms with Gasteiger partial charge in [-0.05, 0) is 12.3 Å². The van der Waals surface area contributed by atoms with Crippen molar-refractivity contribution in [2.45, 2.75) is 136 Å². The molecular formula is C23H48O. The third kappa shape index (κ3) is 22.0. The van der Waals surface area contributed by atoms with Crippen LogP contribution in [-0.4, -0.2) is 11.7 Å². The Labute approximate surface area is 154 Å². The lowest BCUT2D eigenvalue weighted by molar-refractivity contribution is 0.282. The molecule has 146 valence electrons. The Bertz CT molecular complexity index is 212. The third-order valence-electron chi connectivity index (χ3n) is 5.19. The molecule has 0 aromatic carbocycles. The quantitative estimate of drug-likeness (QED) is 0.222. The van der Waals surface area contributed by atoms with Crippen molar-refractivity contribution < 1.29 is 5.11 Å². The van der Waals surface area contributed by atoms with E-state index >= 15 is 0 Å². The van der Waals surface area contributed by atoms with Crippen LogP contribution >= 0.6 is 0 Å². The molecule has 0 saturated carbocycles. The average molecular weight is 341 g/mol. The molecule has 0 aromatic rings. The lowest BCUT2D eigenvalue weighted by atomic mass is 10.0. The van der Waals surface area contributed by atoms with Crippen molar-refractivity contribution >= 4 is 0 Å². The largest absolute Gasteiger partial charge is 0.396 e. The topological polar surface area (TPSA) is 20.2 Å². The summed E-state index contributed by atoms with van der Waals surface area (Å²) in [7, 11) is 0. The van der Waals surface area contributed by atoms with Gasteiger partial charge in [0.2, 0.25) is 0 Å². The predicted molar refractivity (Wildman–Crippen MR) is 110 cm³/mol. The van der Waals surface area contributed by atoms with Gasteiger partial charge in [-0.3, -0.25) is 0 Å². The van der Waals surface area contributed by atoms with Crippen LogP contribution < -0.4 is 0 Å². The molecule has 0 heterocycles. The first-order valence-electron chi connectivity index (χ1n) is 11.4. The summed E-state index contributed by atoms with van der Waals surface area (Å²) in [6.07, 6.45) is 26.7. The fourth-order valence-corrected chi connectivity index (χ4v) is 3.49. The summed E-state index contributed by atoms with van der Waals surface area (Å²) in [5.41, 5.74) is 0. The van der Waals surface area contributed by atoms with Gasteiger partial charge >= 0.3 is 0 Å². The van der Waals surface area contributed by atoms with Gasteiger partial charge in [-0.15, -0.1) is 0 Å². The van der Waals surface area contributed by atoms with E-state index in [1.807, 2.05) is 0 Å². The highest BCUT2D eigenvalue weighted by Crippen LogP contribution is 2.15. The lowest BCUT2D eigenvalue weighted by Gasteiger charge is -2.05. The number of aliphatic hydroxyl groups excluding tert-OH is 1. The second-order valence-corrected chi connectivity index (χ2v) is 8.27. The van der Waals surface area contributed by atoms with Crippen LogP contribution in [-0.2, 0) is 0 Å². The molecule has 0 saturated heterocycles. The Morgan fingerprint density at radius 3 is 0.917 bits per heavy atom. The minimum atomic E-state index is 0.373. The van der Waals surface area contributed by atoms with E-state index in [0.29, 0.717) is 6.61 Å². The van der Waals surface area contributed by atoms with Crippen molar-refractivity contribution in [2.75, 3.05) is 6.61 Å². The number of hydrogen-bond donors (Lipinski definition) is 1. The lowest BCUT2D eigenvalue weighted by Crippen LogP contribution is -1.87. The molecule has 1 N–H and O–H groups in total. The highest BCUT2D eigenvalue weighted by molar-refractivity contribution is 4.51. The molecule has 0 aliphatic rings. The molecule has 1 nitrogen and oxygen atoms in total. The molecule has 0 aliphatic carbocycles. The zero-order valence-corrected chi connectivity index (χ0v) is 17.2. The second-order valence-electron chi connectivity index (χ2n) is 8.27. The van der Waals surface area contributed by atoms with Crippen LogP contribution in [0.3, 0.4) is 0 Å². The number of aliphatic hydroxyl groups is 1. The molecule has 0 aliphatic heterocycles. The third-order valence-corrected chi connectivity index (χ3v) is 5.19. The molecule has 0 fully saturated rings. The van der Waals surface area contributed by atoms with Crippen LogP contribution in [0, 0.1) is 5.92 Å². The number of rotatable bonds is 20. The first-order valence-corrected chi connectivity index (χ1v) is 11.4. The average Bonchev–Trinajstić information content (AvgIpc) is 2.56. The van der Waals surface area contributed by atoms with Crippen LogP contribution in [0.15, 0.2) is 0 Å². The normalized spacial score (nSPS) is 11.5. The van der Waals surface area contributed by atoms with Gasteiger partial charge in [-0.25, -0.2) is 0 Å². The van der Waals surface area contributed by atoms with E-state index in [-0.39, 0.29) is 0 Å². The summed E-state index contributed by atoms with van der Waals surface area (Å²) in [6.45, 7) is 5.04. The maximum absolute atomic E-state index is 8.72. The molecular weight excluding hydrogens is 292 g/mol. The maximum atomic E-state index is 8.72. The smallest absolute Gasteiger partial charge is 0.0431 e. The highest BCUT2D eigenvalue weighted by Gasteiger charge is 1.96. The van der Waals surface area contributed by atoms with Crippen molar-refractivity contribution in [3.8, 4) is 0 Å². The molecule has 0 atom stereocenters. The van der Waals surface area contributed by atoms with E-state index in [1.54, 1.807) is 0 Å². The van der Waals surface area contributed by atoms with Gasteiger partial charge in [0.25, 0.3) is 0 Å². The summed E-state index contributed by atoms with van der Waals surface area (Å²) in [5, 5.41) is 8.72. The standard InChI is InChI=1S/C23H48O/c1-23(2)21-19-17-15-13-11-9-7-5-3-4-6-8-10-12-14-16-18-20-22-24/h23-24H,3-22H2,1-2H3. The van der Waals surface area contributed by atoms with Crippen LogP contribution in [0.4, 0.5) is 0 Å². The SMILES string of the molecule is CC(C)CCCCCCCCCCCCCCCCCCCCO. The molecule has 0 amide bonds. The zero-order chi connectivity index (χ0) is 17.7. The van der Waals surface area contributed by atoms with E-state index in [1.165, 1.54) is 116 Å². The van der Waals surface area contributed by atoms with Gasteiger partial charge < -0.3 is 5.11 Å². The molecule has 24 heavy (non-hydrogen) atoms. The van der Waals surface area contributed by atoms with Crippen molar-refractivity contribution in [1.82, 2.24) is 0 Å². The summed E-state index contributed by atoms with van der Waals surface area (Å²) in [4.78, 5) is 0. The maximum Gasteiger partial charge on any atom is 0.0431 e. The van der Waals surface area contributed by atoms with E-state index in [4.69, 9.17) is 5.11 Å². The van der Waals surface area contributed by atoms with Crippen LogP contribution in [0.2, 0.25) is 0 Å². The van der Waals surface area contributed by atoms with Crippen molar-refractivity contribution in [3.63, 3.8) is 0 Å². The fourth-order valence-electron chi connectivity index (χ4n) is 3.49. The molecule has 0 bridgehead atoms. The Balaban J connectivity index is 2.95. The van der Waals surface area contributed by atoms with Crippen LogP contribution in [0.1, 0.15) is 136 Å². The molecule has 0 aromatic heterocycles. The zero-order valence-electron chi connectivity index (χ0n) is 17.2. The molecule has 1 heteroatoms. The van der Waals surface area contributed by atoms with E-state index < -0.39 is 0 Å². The summed E-state index contributed by atoms with van der Waals surface area (Å²) in [5.74, 6) is 0.891. The van der Waals surface area contributed by atoms with Crippen LogP contribution in [0.5, 0.6) is 0 Å². The molecule has 0 unspecified atom stereocenters. The van der Waals surface area contributed by atoms with Gasteiger partial charge in [-0.2, -0.15) is 0 Å². The first-order chi connectivity index (χ1) is 11.8. The van der Waals surface area contributed by atoms with Gasteiger partial charge in [0.1, 0.15) is 0 Å². The van der Waals surface area contributed by atoms with Crippen molar-refractivity contribution in [1.29, 1.82) is 0 Å². The van der Waals surface area contributed by atoms with Gasteiger partial charge in [0.05, 0.1) is 0 Å². The fraction of sp³-hybridized carbons (Fsp3) is 1.00. The van der Waals surface area contributed by atoms with E-state index in [9.17, 15) is 0 Å². The summed E-state index contributed by atoms with van der Waals surface area (Å²) in [6, 6.07) is 0. The Kier molecular flexibility index (Phi) is 21.0. The highest BCUT2D eigenvalue weighted by atomic mass is 16.2. The van der Waals surface area contributed by atoms with E-state index in [2.05, 4.69) is 13.8 Å². The van der Waals surface area contributed by atoms with Crippen molar-refractivity contribution in [2.24, 2.45) is 5.92 Å². The van der Waals surface area contributed by atoms with Crippen molar-refractivity contribution in [3.05, 3.63) is 0 Å².